The largest absolute Gasteiger partial charge is 0.468 e. The number of thiophene rings is 1. The van der Waals surface area contributed by atoms with Gasteiger partial charge in [-0.05, 0) is 23.6 Å². The van der Waals surface area contributed by atoms with Gasteiger partial charge < -0.3 is 4.42 Å². The maximum atomic E-state index is 12.2. The highest BCUT2D eigenvalue weighted by atomic mass is 32.2. The van der Waals surface area contributed by atoms with Crippen LogP contribution in [0.3, 0.4) is 0 Å². The molecule has 0 aliphatic heterocycles. The Labute approximate surface area is 143 Å². The second-order valence-corrected chi connectivity index (χ2v) is 7.63. The van der Waals surface area contributed by atoms with Crippen LogP contribution < -0.4 is 5.56 Å². The first-order valence-electron chi connectivity index (χ1n) is 6.83. The van der Waals surface area contributed by atoms with Crippen LogP contribution >= 0.6 is 34.4 Å². The number of furan rings is 1. The number of hydrogen-bond acceptors (Lipinski definition) is 7. The molecule has 0 radical (unpaired) electrons. The van der Waals surface area contributed by atoms with Gasteiger partial charge in [0, 0.05) is 11.8 Å². The summed E-state index contributed by atoms with van der Waals surface area (Å²) in [5.41, 5.74) is 0.635. The summed E-state index contributed by atoms with van der Waals surface area (Å²) in [6.07, 6.45) is 1.66. The van der Waals surface area contributed by atoms with Crippen molar-refractivity contribution in [2.45, 2.75) is 11.5 Å². The lowest BCUT2D eigenvalue weighted by Crippen LogP contribution is -2.15. The molecule has 8 heteroatoms. The Morgan fingerprint density at radius 1 is 1.26 bits per heavy atom. The first-order valence-corrected chi connectivity index (χ1v) is 9.68. The molecule has 0 saturated heterocycles. The van der Waals surface area contributed by atoms with E-state index in [0.29, 0.717) is 10.7 Å². The molecule has 0 fully saturated rings. The first kappa shape index (κ1) is 14.7. The van der Waals surface area contributed by atoms with Crippen molar-refractivity contribution < 1.29 is 4.42 Å². The van der Waals surface area contributed by atoms with Gasteiger partial charge in [0.05, 0.1) is 22.6 Å². The summed E-state index contributed by atoms with van der Waals surface area (Å²) in [7, 11) is 0. The van der Waals surface area contributed by atoms with E-state index in [1.165, 1.54) is 15.9 Å². The average Bonchev–Trinajstić information content (AvgIpc) is 3.28. The second-order valence-electron chi connectivity index (χ2n) is 4.74. The number of rotatable bonds is 5. The molecular weight excluding hydrogens is 350 g/mol. The normalized spacial score (nSPS) is 11.3. The molecule has 0 unspecified atom stereocenters. The van der Waals surface area contributed by atoms with Crippen LogP contribution in [-0.2, 0) is 11.5 Å². The van der Waals surface area contributed by atoms with Crippen molar-refractivity contribution in [1.29, 1.82) is 0 Å². The zero-order chi connectivity index (χ0) is 15.6. The molecule has 0 aliphatic rings. The van der Waals surface area contributed by atoms with E-state index >= 15 is 0 Å². The molecule has 0 aliphatic carbocycles. The molecule has 116 valence electrons. The van der Waals surface area contributed by atoms with Gasteiger partial charge in [0.2, 0.25) is 4.96 Å². The molecule has 4 heterocycles. The van der Waals surface area contributed by atoms with E-state index in [-0.39, 0.29) is 5.56 Å². The van der Waals surface area contributed by atoms with Gasteiger partial charge >= 0.3 is 0 Å². The molecule has 4 aromatic heterocycles. The van der Waals surface area contributed by atoms with Crippen LogP contribution in [0.15, 0.2) is 51.2 Å². The van der Waals surface area contributed by atoms with E-state index in [2.05, 4.69) is 10.1 Å². The van der Waals surface area contributed by atoms with E-state index in [4.69, 9.17) is 4.42 Å². The summed E-state index contributed by atoms with van der Waals surface area (Å²) in [6.45, 7) is 0. The summed E-state index contributed by atoms with van der Waals surface area (Å²) in [4.78, 5) is 18.5. The third kappa shape index (κ3) is 3.10. The zero-order valence-electron chi connectivity index (χ0n) is 11.8. The SMILES string of the molecule is O=c1cc(CSCc2ccco2)nc2sc(-c3cccs3)nn12. The van der Waals surface area contributed by atoms with Crippen LogP contribution in [0.1, 0.15) is 11.5 Å². The lowest BCUT2D eigenvalue weighted by Gasteiger charge is -1.99. The number of hydrogen-bond donors (Lipinski definition) is 0. The van der Waals surface area contributed by atoms with E-state index in [1.54, 1.807) is 35.4 Å². The Kier molecular flexibility index (Phi) is 4.02. The molecule has 4 rings (SSSR count). The Hall–Kier alpha value is -1.90. The summed E-state index contributed by atoms with van der Waals surface area (Å²) in [6, 6.07) is 9.33. The predicted molar refractivity (Wildman–Crippen MR) is 94.2 cm³/mol. The molecule has 0 spiro atoms. The Morgan fingerprint density at radius 3 is 3.00 bits per heavy atom. The van der Waals surface area contributed by atoms with Gasteiger partial charge in [-0.3, -0.25) is 4.79 Å². The quantitative estimate of drug-likeness (QED) is 0.539. The summed E-state index contributed by atoms with van der Waals surface area (Å²) < 4.78 is 6.67. The van der Waals surface area contributed by atoms with Crippen molar-refractivity contribution in [2.24, 2.45) is 0 Å². The highest BCUT2D eigenvalue weighted by molar-refractivity contribution is 7.97. The highest BCUT2D eigenvalue weighted by Gasteiger charge is 2.11. The zero-order valence-corrected chi connectivity index (χ0v) is 14.3. The van der Waals surface area contributed by atoms with Crippen molar-refractivity contribution in [3.05, 3.63) is 63.8 Å². The fourth-order valence-corrected chi connectivity index (χ4v) is 4.62. The maximum Gasteiger partial charge on any atom is 0.275 e. The fraction of sp³-hybridized carbons (Fsp3) is 0.133. The molecule has 4 aromatic rings. The smallest absolute Gasteiger partial charge is 0.275 e. The van der Waals surface area contributed by atoms with E-state index < -0.39 is 0 Å². The van der Waals surface area contributed by atoms with Gasteiger partial charge in [0.25, 0.3) is 5.56 Å². The average molecular weight is 361 g/mol. The van der Waals surface area contributed by atoms with Gasteiger partial charge in [-0.2, -0.15) is 9.61 Å². The van der Waals surface area contributed by atoms with Crippen LogP contribution in [0, 0.1) is 0 Å². The molecule has 23 heavy (non-hydrogen) atoms. The minimum atomic E-state index is -0.136. The van der Waals surface area contributed by atoms with E-state index in [1.807, 2.05) is 29.6 Å². The molecule has 0 atom stereocenters. The van der Waals surface area contributed by atoms with Gasteiger partial charge in [-0.15, -0.1) is 23.1 Å². The second kappa shape index (κ2) is 6.31. The van der Waals surface area contributed by atoms with Crippen molar-refractivity contribution in [3.8, 4) is 9.88 Å². The van der Waals surface area contributed by atoms with Gasteiger partial charge in [0.15, 0.2) is 5.01 Å². The Morgan fingerprint density at radius 2 is 2.22 bits per heavy atom. The van der Waals surface area contributed by atoms with E-state index in [0.717, 1.165) is 27.1 Å². The van der Waals surface area contributed by atoms with Crippen LogP contribution in [0.4, 0.5) is 0 Å². The molecule has 0 saturated carbocycles. The molecule has 0 N–H and O–H groups in total. The number of nitrogens with zero attached hydrogens (tertiary/aromatic N) is 3. The van der Waals surface area contributed by atoms with Crippen LogP contribution in [0.5, 0.6) is 0 Å². The third-order valence-electron chi connectivity index (χ3n) is 3.10. The summed E-state index contributed by atoms with van der Waals surface area (Å²) in [5, 5.41) is 7.18. The summed E-state index contributed by atoms with van der Waals surface area (Å²) in [5.74, 6) is 2.35. The predicted octanol–water partition coefficient (Wildman–Crippen LogP) is 3.91. The van der Waals surface area contributed by atoms with Crippen LogP contribution in [0.25, 0.3) is 14.8 Å². The molecule has 0 aromatic carbocycles. The Bertz CT molecular complexity index is 971. The molecule has 0 bridgehead atoms. The number of thioether (sulfide) groups is 1. The van der Waals surface area contributed by atoms with Crippen molar-refractivity contribution in [1.82, 2.24) is 14.6 Å². The molecular formula is C15H11N3O2S3. The molecule has 5 nitrogen and oxygen atoms in total. The van der Waals surface area contributed by atoms with Crippen molar-refractivity contribution in [2.75, 3.05) is 0 Å². The maximum absolute atomic E-state index is 12.2. The fourth-order valence-electron chi connectivity index (χ4n) is 2.08. The van der Waals surface area contributed by atoms with Gasteiger partial charge in [-0.25, -0.2) is 4.98 Å². The summed E-state index contributed by atoms with van der Waals surface area (Å²) >= 11 is 4.71. The topological polar surface area (TPSA) is 60.4 Å². The lowest BCUT2D eigenvalue weighted by molar-refractivity contribution is 0.530. The van der Waals surface area contributed by atoms with Crippen LogP contribution in [-0.4, -0.2) is 14.6 Å². The minimum absolute atomic E-state index is 0.136. The van der Waals surface area contributed by atoms with Crippen molar-refractivity contribution in [3.63, 3.8) is 0 Å². The number of aromatic nitrogens is 3. The minimum Gasteiger partial charge on any atom is -0.468 e. The van der Waals surface area contributed by atoms with Crippen molar-refractivity contribution >= 4 is 39.4 Å². The third-order valence-corrected chi connectivity index (χ3v) is 6.04. The first-order chi connectivity index (χ1) is 11.3. The monoisotopic (exact) mass is 361 g/mol. The Balaban J connectivity index is 1.58. The standard InChI is InChI=1S/C15H11N3O2S3/c19-13-7-10(8-21-9-11-3-1-5-20-11)16-15-18(13)17-14(23-15)12-4-2-6-22-12/h1-7H,8-9H2. The van der Waals surface area contributed by atoms with Crippen LogP contribution in [0.2, 0.25) is 0 Å². The number of fused-ring (bicyclic) bond motifs is 1. The van der Waals surface area contributed by atoms with Gasteiger partial charge in [-0.1, -0.05) is 17.4 Å². The van der Waals surface area contributed by atoms with Gasteiger partial charge in [0.1, 0.15) is 5.76 Å². The highest BCUT2D eigenvalue weighted by Crippen LogP contribution is 2.28. The van der Waals surface area contributed by atoms with E-state index in [9.17, 15) is 4.79 Å². The molecule has 0 amide bonds. The lowest BCUT2D eigenvalue weighted by atomic mass is 10.4.